The Morgan fingerprint density at radius 3 is 2.57 bits per heavy atom. The van der Waals surface area contributed by atoms with E-state index in [1.165, 1.54) is 11.3 Å². The van der Waals surface area contributed by atoms with E-state index in [9.17, 15) is 19.2 Å². The molecule has 5 amide bonds. The van der Waals surface area contributed by atoms with E-state index >= 15 is 0 Å². The van der Waals surface area contributed by atoms with E-state index in [1.807, 2.05) is 47.5 Å². The highest BCUT2D eigenvalue weighted by atomic mass is 32.2. The van der Waals surface area contributed by atoms with Gasteiger partial charge in [0.2, 0.25) is 11.8 Å². The number of carbonyl (C=O) groups excluding carboxylic acids is 4. The molecule has 5 rings (SSSR count). The summed E-state index contributed by atoms with van der Waals surface area (Å²) in [6.45, 7) is 1.04. The average Bonchev–Trinajstić information content (AvgIpc) is 3.78. The molecule has 14 heteroatoms. The number of aromatic nitrogens is 2. The molecule has 4 heterocycles. The number of urea groups is 1. The van der Waals surface area contributed by atoms with Crippen LogP contribution < -0.4 is 32.1 Å². The summed E-state index contributed by atoms with van der Waals surface area (Å²) in [4.78, 5) is 57.1. The molecule has 2 aromatic heterocycles. The Balaban J connectivity index is 0.863. The molecule has 46 heavy (non-hydrogen) atoms. The zero-order valence-electron chi connectivity index (χ0n) is 25.6. The first-order valence-electron chi connectivity index (χ1n) is 15.7. The van der Waals surface area contributed by atoms with E-state index in [-0.39, 0.29) is 35.8 Å². The van der Waals surface area contributed by atoms with Crippen molar-refractivity contribution < 1.29 is 19.2 Å². The second-order valence-corrected chi connectivity index (χ2v) is 13.5. The van der Waals surface area contributed by atoms with Gasteiger partial charge in [0.25, 0.3) is 5.91 Å². The molecule has 2 saturated heterocycles. The molecule has 12 nitrogen and oxygen atoms in total. The number of hydrogen-bond donors (Lipinski definition) is 6. The van der Waals surface area contributed by atoms with E-state index in [4.69, 9.17) is 0 Å². The maximum atomic E-state index is 12.6. The molecular weight excluding hydrogens is 625 g/mol. The van der Waals surface area contributed by atoms with Gasteiger partial charge in [0.15, 0.2) is 5.13 Å². The lowest BCUT2D eigenvalue weighted by atomic mass is 10.0. The molecule has 244 valence electrons. The largest absolute Gasteiger partial charge is 0.356 e. The van der Waals surface area contributed by atoms with Gasteiger partial charge in [-0.1, -0.05) is 31.0 Å². The van der Waals surface area contributed by atoms with Crippen molar-refractivity contribution in [1.82, 2.24) is 36.8 Å². The van der Waals surface area contributed by atoms with Gasteiger partial charge in [-0.25, -0.2) is 15.2 Å². The van der Waals surface area contributed by atoms with Crippen molar-refractivity contribution in [2.75, 3.05) is 17.6 Å². The van der Waals surface area contributed by atoms with E-state index in [0.29, 0.717) is 47.6 Å². The van der Waals surface area contributed by atoms with Crippen molar-refractivity contribution in [3.8, 4) is 11.4 Å². The van der Waals surface area contributed by atoms with Crippen molar-refractivity contribution >= 4 is 52.0 Å². The molecule has 0 saturated carbocycles. The quantitative estimate of drug-likeness (QED) is 0.0716. The summed E-state index contributed by atoms with van der Waals surface area (Å²) in [5.41, 5.74) is 8.54. The van der Waals surface area contributed by atoms with E-state index < -0.39 is 0 Å². The first-order chi connectivity index (χ1) is 22.4. The molecule has 1 aromatic carbocycles. The Kier molecular flexibility index (Phi) is 12.4. The molecular formula is C32H40N8O4S2. The van der Waals surface area contributed by atoms with Gasteiger partial charge in [0.1, 0.15) is 5.69 Å². The lowest BCUT2D eigenvalue weighted by Crippen LogP contribution is -2.36. The van der Waals surface area contributed by atoms with Gasteiger partial charge in [-0.05, 0) is 55.5 Å². The lowest BCUT2D eigenvalue weighted by molar-refractivity contribution is -0.122. The Labute approximate surface area is 276 Å². The van der Waals surface area contributed by atoms with Crippen LogP contribution in [0.25, 0.3) is 11.4 Å². The normalized spacial score (nSPS) is 18.3. The fraction of sp³-hybridized carbons (Fsp3) is 0.438. The third-order valence-electron chi connectivity index (χ3n) is 7.87. The maximum Gasteiger partial charge on any atom is 0.315 e. The summed E-state index contributed by atoms with van der Waals surface area (Å²) in [5, 5.41) is 14.5. The van der Waals surface area contributed by atoms with Crippen molar-refractivity contribution in [2.24, 2.45) is 0 Å². The van der Waals surface area contributed by atoms with Crippen molar-refractivity contribution in [3.05, 3.63) is 65.2 Å². The van der Waals surface area contributed by atoms with Gasteiger partial charge in [0.05, 0.1) is 17.8 Å². The zero-order valence-corrected chi connectivity index (χ0v) is 27.2. The zero-order chi connectivity index (χ0) is 32.1. The van der Waals surface area contributed by atoms with E-state index in [2.05, 4.69) is 42.1 Å². The SMILES string of the molecule is O=C(CCCC[C@H]1SC[C@H]2NC(=O)N[C@H]21)NCCCCCC(=O)NNCc1ccc(C(=O)Nc2nc(-c3ccccn3)cs2)cc1. The third-order valence-corrected chi connectivity index (χ3v) is 10.1. The van der Waals surface area contributed by atoms with E-state index in [1.54, 1.807) is 18.3 Å². The number of nitrogens with one attached hydrogen (secondary N) is 6. The van der Waals surface area contributed by atoms with Crippen LogP contribution in [0.1, 0.15) is 67.3 Å². The minimum Gasteiger partial charge on any atom is -0.356 e. The van der Waals surface area contributed by atoms with Crippen LogP contribution in [0, 0.1) is 0 Å². The molecule has 0 radical (unpaired) electrons. The Bertz CT molecular complexity index is 1470. The highest BCUT2D eigenvalue weighted by Gasteiger charge is 2.42. The number of amides is 5. The van der Waals surface area contributed by atoms with Crippen LogP contribution in [0.3, 0.4) is 0 Å². The van der Waals surface area contributed by atoms with Gasteiger partial charge in [-0.15, -0.1) is 11.3 Å². The van der Waals surface area contributed by atoms with Crippen molar-refractivity contribution in [1.29, 1.82) is 0 Å². The summed E-state index contributed by atoms with van der Waals surface area (Å²) in [7, 11) is 0. The maximum absolute atomic E-state index is 12.6. The molecule has 0 spiro atoms. The van der Waals surface area contributed by atoms with Crippen LogP contribution in [0.15, 0.2) is 54.0 Å². The van der Waals surface area contributed by atoms with Gasteiger partial charge >= 0.3 is 6.03 Å². The number of rotatable bonds is 17. The second-order valence-electron chi connectivity index (χ2n) is 11.3. The number of thioether (sulfide) groups is 1. The number of carbonyl (C=O) groups is 4. The monoisotopic (exact) mass is 664 g/mol. The number of unbranched alkanes of at least 4 members (excludes halogenated alkanes) is 3. The van der Waals surface area contributed by atoms with Gasteiger partial charge < -0.3 is 16.0 Å². The molecule has 0 aliphatic carbocycles. The average molecular weight is 665 g/mol. The number of anilines is 1. The number of hydrogen-bond acceptors (Lipinski definition) is 9. The molecule has 2 fully saturated rings. The Morgan fingerprint density at radius 1 is 0.913 bits per heavy atom. The molecule has 0 unspecified atom stereocenters. The van der Waals surface area contributed by atoms with Gasteiger partial charge in [0, 0.05) is 54.1 Å². The van der Waals surface area contributed by atoms with Gasteiger partial charge in [-0.3, -0.25) is 30.1 Å². The Morgan fingerprint density at radius 2 is 1.74 bits per heavy atom. The van der Waals surface area contributed by atoms with Crippen LogP contribution in [0.2, 0.25) is 0 Å². The van der Waals surface area contributed by atoms with Crippen LogP contribution >= 0.6 is 23.1 Å². The smallest absolute Gasteiger partial charge is 0.315 e. The Hall–Kier alpha value is -4.01. The van der Waals surface area contributed by atoms with E-state index in [0.717, 1.165) is 55.5 Å². The van der Waals surface area contributed by atoms with Crippen LogP contribution in [0.5, 0.6) is 0 Å². The fourth-order valence-electron chi connectivity index (χ4n) is 5.39. The summed E-state index contributed by atoms with van der Waals surface area (Å²) in [6, 6.07) is 13.1. The summed E-state index contributed by atoms with van der Waals surface area (Å²) >= 11 is 3.24. The highest BCUT2D eigenvalue weighted by molar-refractivity contribution is 8.00. The molecule has 0 bridgehead atoms. The van der Waals surface area contributed by atoms with Crippen LogP contribution in [0.4, 0.5) is 9.93 Å². The first kappa shape index (κ1) is 33.4. The molecule has 3 atom stereocenters. The van der Waals surface area contributed by atoms with Crippen molar-refractivity contribution in [3.63, 3.8) is 0 Å². The van der Waals surface area contributed by atoms with Gasteiger partial charge in [-0.2, -0.15) is 11.8 Å². The predicted molar refractivity (Wildman–Crippen MR) is 180 cm³/mol. The summed E-state index contributed by atoms with van der Waals surface area (Å²) in [6.07, 6.45) is 7.85. The summed E-state index contributed by atoms with van der Waals surface area (Å²) in [5.74, 6) is 0.683. The second kappa shape index (κ2) is 17.1. The van der Waals surface area contributed by atoms with Crippen molar-refractivity contribution in [2.45, 2.75) is 75.2 Å². The minimum absolute atomic E-state index is 0.0655. The van der Waals surface area contributed by atoms with Crippen LogP contribution in [-0.2, 0) is 16.1 Å². The van der Waals surface area contributed by atoms with Crippen LogP contribution in [-0.4, -0.2) is 63.4 Å². The number of thiazole rings is 1. The topological polar surface area (TPSA) is 166 Å². The molecule has 2 aliphatic heterocycles. The summed E-state index contributed by atoms with van der Waals surface area (Å²) < 4.78 is 0. The minimum atomic E-state index is -0.249. The highest BCUT2D eigenvalue weighted by Crippen LogP contribution is 2.33. The third kappa shape index (κ3) is 9.99. The standard InChI is InChI=1S/C32H40N8O4S2/c41-27(10-4-3-9-26-29-25(20-45-26)36-31(44)38-29)34-17-6-1-2-11-28(42)40-35-18-21-12-14-22(15-13-21)30(43)39-32-37-24(19-46-32)23-8-5-7-16-33-23/h5,7-8,12-16,19,25-26,29,35H,1-4,6,9-11,17-18,20H2,(H,34,41)(H,40,42)(H2,36,38,44)(H,37,39,43)/t25-,26-,29-/m1/s1. The number of fused-ring (bicyclic) bond motifs is 1. The first-order valence-corrected chi connectivity index (χ1v) is 17.6. The number of hydrazine groups is 1. The molecule has 3 aromatic rings. The number of nitrogens with zero attached hydrogens (tertiary/aromatic N) is 2. The number of benzene rings is 1. The molecule has 6 N–H and O–H groups in total. The molecule has 2 aliphatic rings. The lowest BCUT2D eigenvalue weighted by Gasteiger charge is -2.16. The predicted octanol–water partition coefficient (Wildman–Crippen LogP) is 3.98. The fourth-order valence-corrected chi connectivity index (χ4v) is 7.63. The number of pyridine rings is 1.